The largest absolute Gasteiger partial charge is 0.381 e. The van der Waals surface area contributed by atoms with Crippen molar-refractivity contribution in [3.05, 3.63) is 100 Å². The Hall–Kier alpha value is -2.62. The number of sulfonamides is 1. The van der Waals surface area contributed by atoms with Crippen LogP contribution in [0, 0.1) is 5.41 Å². The Morgan fingerprint density at radius 1 is 0.971 bits per heavy atom. The van der Waals surface area contributed by atoms with Crippen molar-refractivity contribution in [1.29, 1.82) is 5.41 Å². The second-order valence-corrected chi connectivity index (χ2v) is 10.9. The van der Waals surface area contributed by atoms with E-state index in [0.717, 1.165) is 4.41 Å². The summed E-state index contributed by atoms with van der Waals surface area (Å²) < 4.78 is 29.2. The number of guanidine groups is 1. The van der Waals surface area contributed by atoms with Crippen molar-refractivity contribution in [2.45, 2.75) is 16.5 Å². The lowest BCUT2D eigenvalue weighted by atomic mass is 9.84. The van der Waals surface area contributed by atoms with E-state index in [2.05, 4.69) is 0 Å². The van der Waals surface area contributed by atoms with Gasteiger partial charge >= 0.3 is 0 Å². The first-order valence-corrected chi connectivity index (χ1v) is 12.6. The standard InChI is InChI=1S/C24H24Cl2N4O3S/c1-28(2)23(27)29-16-24(31,18-6-4-3-5-7-18)22(17-8-10-19(25)11-9-17)30(29)34(32,33)21-14-12-20(26)13-15-21/h3-15,22,27,31H,16H2,1-2H3. The zero-order chi connectivity index (χ0) is 24.7. The zero-order valence-electron chi connectivity index (χ0n) is 18.6. The molecule has 1 aliphatic heterocycles. The number of β-amino-alcohol motifs (C(OH)–C–C–N with tert-alkyl or cyclic N) is 1. The molecule has 0 aliphatic carbocycles. The van der Waals surface area contributed by atoms with E-state index in [1.54, 1.807) is 62.6 Å². The van der Waals surface area contributed by atoms with E-state index in [4.69, 9.17) is 28.6 Å². The molecule has 34 heavy (non-hydrogen) atoms. The van der Waals surface area contributed by atoms with E-state index in [0.29, 0.717) is 21.2 Å². The quantitative estimate of drug-likeness (QED) is 0.396. The van der Waals surface area contributed by atoms with Crippen molar-refractivity contribution in [3.8, 4) is 0 Å². The maximum atomic E-state index is 14.0. The highest BCUT2D eigenvalue weighted by atomic mass is 35.5. The van der Waals surface area contributed by atoms with Crippen molar-refractivity contribution in [3.63, 3.8) is 0 Å². The average Bonchev–Trinajstić information content (AvgIpc) is 3.15. The lowest BCUT2D eigenvalue weighted by Crippen LogP contribution is -2.49. The summed E-state index contributed by atoms with van der Waals surface area (Å²) in [5.41, 5.74) is -0.612. The average molecular weight is 519 g/mol. The van der Waals surface area contributed by atoms with Crippen LogP contribution in [0.3, 0.4) is 0 Å². The SMILES string of the molecule is CN(C)C(=N)N1CC(O)(c2ccccc2)C(c2ccc(Cl)cc2)N1S(=O)(=O)c1ccc(Cl)cc1. The molecule has 2 atom stereocenters. The molecule has 0 bridgehead atoms. The third kappa shape index (κ3) is 4.28. The van der Waals surface area contributed by atoms with Gasteiger partial charge in [0.15, 0.2) is 0 Å². The first-order chi connectivity index (χ1) is 16.1. The molecular formula is C24H24Cl2N4O3S. The number of hydrogen-bond acceptors (Lipinski definition) is 4. The van der Waals surface area contributed by atoms with Crippen molar-refractivity contribution in [2.24, 2.45) is 0 Å². The molecule has 10 heteroatoms. The molecule has 3 aromatic rings. The monoisotopic (exact) mass is 518 g/mol. The highest BCUT2D eigenvalue weighted by Crippen LogP contribution is 2.49. The first-order valence-electron chi connectivity index (χ1n) is 10.4. The molecule has 1 saturated heterocycles. The van der Waals surface area contributed by atoms with Gasteiger partial charge in [-0.15, -0.1) is 0 Å². The molecule has 1 heterocycles. The topological polar surface area (TPSA) is 87.9 Å². The molecular weight excluding hydrogens is 495 g/mol. The number of hydrogen-bond donors (Lipinski definition) is 2. The van der Waals surface area contributed by atoms with Gasteiger partial charge in [0.05, 0.1) is 11.4 Å². The van der Waals surface area contributed by atoms with Crippen LogP contribution >= 0.6 is 23.2 Å². The first kappa shape index (κ1) is 24.5. The fourth-order valence-electron chi connectivity index (χ4n) is 4.11. The lowest BCUT2D eigenvalue weighted by Gasteiger charge is -2.35. The van der Waals surface area contributed by atoms with Crippen LogP contribution in [0.1, 0.15) is 17.2 Å². The van der Waals surface area contributed by atoms with Crippen LogP contribution < -0.4 is 0 Å². The van der Waals surface area contributed by atoms with Crippen molar-refractivity contribution < 1.29 is 13.5 Å². The molecule has 3 aromatic carbocycles. The highest BCUT2D eigenvalue weighted by molar-refractivity contribution is 7.89. The Kier molecular flexibility index (Phi) is 6.63. The fourth-order valence-corrected chi connectivity index (χ4v) is 6.03. The molecule has 2 unspecified atom stereocenters. The van der Waals surface area contributed by atoms with Crippen LogP contribution in [0.15, 0.2) is 83.8 Å². The summed E-state index contributed by atoms with van der Waals surface area (Å²) in [5.74, 6) is -0.0941. The van der Waals surface area contributed by atoms with Crippen LogP contribution in [0.25, 0.3) is 0 Å². The molecule has 0 amide bonds. The van der Waals surface area contributed by atoms with Crippen LogP contribution in [0.2, 0.25) is 10.0 Å². The van der Waals surface area contributed by atoms with Gasteiger partial charge in [0, 0.05) is 24.1 Å². The number of rotatable bonds is 4. The van der Waals surface area contributed by atoms with Crippen LogP contribution in [-0.2, 0) is 15.6 Å². The van der Waals surface area contributed by atoms with Crippen LogP contribution in [0.5, 0.6) is 0 Å². The molecule has 7 nitrogen and oxygen atoms in total. The van der Waals surface area contributed by atoms with Gasteiger partial charge in [0.2, 0.25) is 5.96 Å². The minimum atomic E-state index is -4.23. The Morgan fingerprint density at radius 2 is 1.50 bits per heavy atom. The summed E-state index contributed by atoms with van der Waals surface area (Å²) in [6.45, 7) is -0.159. The van der Waals surface area contributed by atoms with Crippen molar-refractivity contribution in [1.82, 2.24) is 14.3 Å². The number of halogens is 2. The van der Waals surface area contributed by atoms with E-state index in [1.165, 1.54) is 34.2 Å². The Balaban J connectivity index is 1.98. The highest BCUT2D eigenvalue weighted by Gasteiger charge is 2.58. The molecule has 1 fully saturated rings. The minimum Gasteiger partial charge on any atom is -0.381 e. The Labute approximate surface area is 209 Å². The van der Waals surface area contributed by atoms with Gasteiger partial charge < -0.3 is 10.0 Å². The van der Waals surface area contributed by atoms with E-state index in [9.17, 15) is 13.5 Å². The molecule has 4 rings (SSSR count). The number of benzene rings is 3. The van der Waals surface area contributed by atoms with Gasteiger partial charge in [-0.3, -0.25) is 10.4 Å². The maximum Gasteiger partial charge on any atom is 0.260 e. The Morgan fingerprint density at radius 3 is 2.03 bits per heavy atom. The van der Waals surface area contributed by atoms with Crippen LogP contribution in [0.4, 0.5) is 0 Å². The molecule has 0 spiro atoms. The fraction of sp³-hybridized carbons (Fsp3) is 0.208. The second-order valence-electron chi connectivity index (χ2n) is 8.25. The Bertz CT molecular complexity index is 1290. The van der Waals surface area contributed by atoms with Gasteiger partial charge in [-0.2, -0.15) is 0 Å². The summed E-state index contributed by atoms with van der Waals surface area (Å²) in [6.07, 6.45) is 0. The number of aliphatic hydroxyl groups is 1. The van der Waals surface area contributed by atoms with E-state index in [1.807, 2.05) is 6.07 Å². The summed E-state index contributed by atoms with van der Waals surface area (Å²) in [6, 6.07) is 20.3. The van der Waals surface area contributed by atoms with E-state index < -0.39 is 21.7 Å². The number of hydrazine groups is 1. The van der Waals surface area contributed by atoms with Gasteiger partial charge in [0.25, 0.3) is 10.0 Å². The number of nitrogens with zero attached hydrogens (tertiary/aromatic N) is 3. The minimum absolute atomic E-state index is 0.00951. The summed E-state index contributed by atoms with van der Waals surface area (Å²) in [5, 5.41) is 23.0. The van der Waals surface area contributed by atoms with Gasteiger partial charge in [-0.1, -0.05) is 70.1 Å². The smallest absolute Gasteiger partial charge is 0.260 e. The molecule has 1 aliphatic rings. The van der Waals surface area contributed by atoms with Gasteiger partial charge in [-0.05, 0) is 47.5 Å². The summed E-state index contributed by atoms with van der Waals surface area (Å²) in [7, 11) is -0.939. The predicted molar refractivity (Wildman–Crippen MR) is 133 cm³/mol. The van der Waals surface area contributed by atoms with E-state index in [-0.39, 0.29) is 17.4 Å². The third-order valence-corrected chi connectivity index (χ3v) is 8.06. The van der Waals surface area contributed by atoms with Gasteiger partial charge in [-0.25, -0.2) is 8.42 Å². The summed E-state index contributed by atoms with van der Waals surface area (Å²) in [4.78, 5) is 1.48. The molecule has 0 aromatic heterocycles. The predicted octanol–water partition coefficient (Wildman–Crippen LogP) is 4.34. The normalized spacial score (nSPS) is 21.0. The zero-order valence-corrected chi connectivity index (χ0v) is 20.9. The van der Waals surface area contributed by atoms with E-state index >= 15 is 0 Å². The molecule has 178 valence electrons. The molecule has 0 radical (unpaired) electrons. The lowest BCUT2D eigenvalue weighted by molar-refractivity contribution is 0.0220. The summed E-state index contributed by atoms with van der Waals surface area (Å²) >= 11 is 12.1. The van der Waals surface area contributed by atoms with Gasteiger partial charge in [0.1, 0.15) is 11.6 Å². The molecule has 0 saturated carbocycles. The molecule has 2 N–H and O–H groups in total. The second kappa shape index (κ2) is 9.20. The maximum absolute atomic E-state index is 14.0. The number of nitrogens with one attached hydrogen (secondary N) is 1. The van der Waals surface area contributed by atoms with Crippen molar-refractivity contribution in [2.75, 3.05) is 20.6 Å². The van der Waals surface area contributed by atoms with Crippen molar-refractivity contribution >= 4 is 39.2 Å². The third-order valence-electron chi connectivity index (χ3n) is 5.79. The van der Waals surface area contributed by atoms with Crippen LogP contribution in [-0.4, -0.2) is 54.4 Å².